The Balaban J connectivity index is 1.50. The van der Waals surface area contributed by atoms with E-state index in [0.717, 1.165) is 19.5 Å². The Morgan fingerprint density at radius 3 is 2.34 bits per heavy atom. The Morgan fingerprint density at radius 2 is 1.72 bits per heavy atom. The summed E-state index contributed by atoms with van der Waals surface area (Å²) >= 11 is 0. The van der Waals surface area contributed by atoms with Gasteiger partial charge in [0.15, 0.2) is 0 Å². The van der Waals surface area contributed by atoms with Crippen LogP contribution in [0, 0.1) is 11.8 Å². The highest BCUT2D eigenvalue weighted by molar-refractivity contribution is 5.94. The van der Waals surface area contributed by atoms with Gasteiger partial charge in [-0.2, -0.15) is 8.78 Å². The van der Waals surface area contributed by atoms with Crippen molar-refractivity contribution in [1.29, 1.82) is 0 Å². The topological polar surface area (TPSA) is 53.1 Å². The average molecular weight is 409 g/mol. The van der Waals surface area contributed by atoms with Crippen molar-refractivity contribution in [3.05, 3.63) is 29.8 Å². The number of benzene rings is 1. The fourth-order valence-electron chi connectivity index (χ4n) is 4.25. The molecular weight excluding hydrogens is 380 g/mol. The molecule has 6 nitrogen and oxygen atoms in total. The maximum Gasteiger partial charge on any atom is 0.387 e. The van der Waals surface area contributed by atoms with Crippen LogP contribution in [0.15, 0.2) is 24.3 Å². The van der Waals surface area contributed by atoms with Gasteiger partial charge < -0.3 is 14.5 Å². The maximum atomic E-state index is 12.7. The van der Waals surface area contributed by atoms with Crippen LogP contribution in [0.2, 0.25) is 0 Å². The highest BCUT2D eigenvalue weighted by atomic mass is 19.3. The first kappa shape index (κ1) is 21.5. The molecule has 0 radical (unpaired) electrons. The molecule has 2 heterocycles. The second kappa shape index (κ2) is 9.52. The zero-order valence-electron chi connectivity index (χ0n) is 17.0. The van der Waals surface area contributed by atoms with E-state index in [9.17, 15) is 18.4 Å². The van der Waals surface area contributed by atoms with E-state index in [1.807, 2.05) is 4.90 Å². The van der Waals surface area contributed by atoms with E-state index in [1.165, 1.54) is 18.2 Å². The average Bonchev–Trinajstić information content (AvgIpc) is 2.67. The summed E-state index contributed by atoms with van der Waals surface area (Å²) in [6.45, 7) is 5.68. The Morgan fingerprint density at radius 1 is 1.07 bits per heavy atom. The molecule has 160 valence electrons. The molecule has 1 aromatic carbocycles. The molecule has 0 N–H and O–H groups in total. The Bertz CT molecular complexity index is 713. The zero-order valence-corrected chi connectivity index (χ0v) is 17.0. The van der Waals surface area contributed by atoms with Gasteiger partial charge in [0, 0.05) is 44.8 Å². The first-order chi connectivity index (χ1) is 13.8. The molecule has 8 heteroatoms. The van der Waals surface area contributed by atoms with Gasteiger partial charge in [-0.05, 0) is 36.5 Å². The SMILES string of the molecule is CC1CC(C)CN(C(=O)CN2CCN(C(=O)c3cccc(OC(F)F)c3)CC2)C1. The number of alkyl halides is 2. The molecule has 3 rings (SSSR count). The van der Waals surface area contributed by atoms with Gasteiger partial charge in [0.1, 0.15) is 5.75 Å². The van der Waals surface area contributed by atoms with E-state index in [4.69, 9.17) is 0 Å². The van der Waals surface area contributed by atoms with Crippen LogP contribution in [0.25, 0.3) is 0 Å². The third-order valence-electron chi connectivity index (χ3n) is 5.55. The molecule has 2 saturated heterocycles. The number of ether oxygens (including phenoxy) is 1. The highest BCUT2D eigenvalue weighted by Crippen LogP contribution is 2.21. The van der Waals surface area contributed by atoms with Gasteiger partial charge >= 0.3 is 6.61 Å². The molecule has 2 unspecified atom stereocenters. The number of carbonyl (C=O) groups is 2. The van der Waals surface area contributed by atoms with Crippen molar-refractivity contribution >= 4 is 11.8 Å². The van der Waals surface area contributed by atoms with Crippen LogP contribution in [0.3, 0.4) is 0 Å². The lowest BCUT2D eigenvalue weighted by molar-refractivity contribution is -0.135. The van der Waals surface area contributed by atoms with Crippen molar-refractivity contribution in [2.24, 2.45) is 11.8 Å². The van der Waals surface area contributed by atoms with Crippen LogP contribution in [0.4, 0.5) is 8.78 Å². The van der Waals surface area contributed by atoms with E-state index < -0.39 is 6.61 Å². The van der Waals surface area contributed by atoms with Crippen molar-refractivity contribution in [3.8, 4) is 5.75 Å². The largest absolute Gasteiger partial charge is 0.435 e. The lowest BCUT2D eigenvalue weighted by atomic mass is 9.92. The second-order valence-electron chi connectivity index (χ2n) is 8.22. The number of halogens is 2. The Kier molecular flexibility index (Phi) is 7.05. The molecule has 0 bridgehead atoms. The van der Waals surface area contributed by atoms with Crippen LogP contribution in [0.1, 0.15) is 30.6 Å². The van der Waals surface area contributed by atoms with Gasteiger partial charge in [-0.1, -0.05) is 19.9 Å². The first-order valence-corrected chi connectivity index (χ1v) is 10.2. The van der Waals surface area contributed by atoms with Crippen molar-refractivity contribution in [1.82, 2.24) is 14.7 Å². The molecular formula is C21H29F2N3O3. The zero-order chi connectivity index (χ0) is 21.0. The fourth-order valence-corrected chi connectivity index (χ4v) is 4.25. The van der Waals surface area contributed by atoms with Crippen LogP contribution in [-0.4, -0.2) is 78.9 Å². The number of piperidine rings is 1. The van der Waals surface area contributed by atoms with E-state index in [-0.39, 0.29) is 17.6 Å². The van der Waals surface area contributed by atoms with Crippen molar-refractivity contribution in [3.63, 3.8) is 0 Å². The number of hydrogen-bond acceptors (Lipinski definition) is 4. The molecule has 2 aliphatic rings. The second-order valence-corrected chi connectivity index (χ2v) is 8.22. The summed E-state index contributed by atoms with van der Waals surface area (Å²) < 4.78 is 29.1. The number of likely N-dealkylation sites (tertiary alicyclic amines) is 1. The van der Waals surface area contributed by atoms with Crippen LogP contribution in [-0.2, 0) is 4.79 Å². The number of rotatable bonds is 5. The van der Waals surface area contributed by atoms with Gasteiger partial charge in [0.25, 0.3) is 5.91 Å². The quantitative estimate of drug-likeness (QED) is 0.750. The summed E-state index contributed by atoms with van der Waals surface area (Å²) in [6.07, 6.45) is 1.16. The van der Waals surface area contributed by atoms with Crippen LogP contribution in [0.5, 0.6) is 5.75 Å². The number of hydrogen-bond donors (Lipinski definition) is 0. The van der Waals surface area contributed by atoms with Gasteiger partial charge in [-0.3, -0.25) is 14.5 Å². The molecule has 29 heavy (non-hydrogen) atoms. The van der Waals surface area contributed by atoms with E-state index >= 15 is 0 Å². The minimum absolute atomic E-state index is 0.0277. The third-order valence-corrected chi connectivity index (χ3v) is 5.55. The molecule has 2 fully saturated rings. The smallest absolute Gasteiger partial charge is 0.387 e. The minimum atomic E-state index is -2.92. The monoisotopic (exact) mass is 409 g/mol. The maximum absolute atomic E-state index is 12.7. The normalized spacial score (nSPS) is 23.3. The Labute approximate surface area is 170 Å². The lowest BCUT2D eigenvalue weighted by Gasteiger charge is -2.38. The summed E-state index contributed by atoms with van der Waals surface area (Å²) in [6, 6.07) is 5.85. The number of piperazine rings is 1. The van der Waals surface area contributed by atoms with Crippen molar-refractivity contribution in [2.45, 2.75) is 26.9 Å². The lowest BCUT2D eigenvalue weighted by Crippen LogP contribution is -2.53. The van der Waals surface area contributed by atoms with Crippen molar-refractivity contribution in [2.75, 3.05) is 45.8 Å². The van der Waals surface area contributed by atoms with Gasteiger partial charge in [-0.15, -0.1) is 0 Å². The summed E-state index contributed by atoms with van der Waals surface area (Å²) in [5.41, 5.74) is 0.323. The minimum Gasteiger partial charge on any atom is -0.435 e. The number of carbonyl (C=O) groups excluding carboxylic acids is 2. The predicted octanol–water partition coefficient (Wildman–Crippen LogP) is 2.55. The third kappa shape index (κ3) is 5.88. The molecule has 2 amide bonds. The predicted molar refractivity (Wildman–Crippen MR) is 105 cm³/mol. The Hall–Kier alpha value is -2.22. The molecule has 0 saturated carbocycles. The summed E-state index contributed by atoms with van der Waals surface area (Å²) in [5.74, 6) is 0.971. The molecule has 2 atom stereocenters. The summed E-state index contributed by atoms with van der Waals surface area (Å²) in [5, 5.41) is 0. The molecule has 1 aromatic rings. The number of amides is 2. The first-order valence-electron chi connectivity index (χ1n) is 10.2. The highest BCUT2D eigenvalue weighted by Gasteiger charge is 2.28. The van der Waals surface area contributed by atoms with E-state index in [1.54, 1.807) is 11.0 Å². The van der Waals surface area contributed by atoms with E-state index in [0.29, 0.717) is 50.1 Å². The molecule has 0 aromatic heterocycles. The molecule has 0 spiro atoms. The van der Waals surface area contributed by atoms with Crippen LogP contribution >= 0.6 is 0 Å². The number of nitrogens with zero attached hydrogens (tertiary/aromatic N) is 3. The summed E-state index contributed by atoms with van der Waals surface area (Å²) in [7, 11) is 0. The van der Waals surface area contributed by atoms with Gasteiger partial charge in [-0.25, -0.2) is 0 Å². The van der Waals surface area contributed by atoms with Crippen molar-refractivity contribution < 1.29 is 23.1 Å². The standard InChI is InChI=1S/C21H29F2N3O3/c1-15-10-16(2)13-26(12-15)19(27)14-24-6-8-25(9-7-24)20(28)17-4-3-5-18(11-17)29-21(22)23/h3-5,11,15-16,21H,6-10,12-14H2,1-2H3. The van der Waals surface area contributed by atoms with Gasteiger partial charge in [0.05, 0.1) is 6.54 Å². The van der Waals surface area contributed by atoms with Gasteiger partial charge in [0.2, 0.25) is 5.91 Å². The van der Waals surface area contributed by atoms with E-state index in [2.05, 4.69) is 23.5 Å². The molecule has 0 aliphatic carbocycles. The fraction of sp³-hybridized carbons (Fsp3) is 0.619. The molecule has 2 aliphatic heterocycles. The summed E-state index contributed by atoms with van der Waals surface area (Å²) in [4.78, 5) is 31.1. The van der Waals surface area contributed by atoms with Crippen LogP contribution < -0.4 is 4.74 Å².